The number of fused-ring (bicyclic) bond motifs is 1. The zero-order chi connectivity index (χ0) is 17.8. The lowest BCUT2D eigenvalue weighted by atomic mass is 9.97. The van der Waals surface area contributed by atoms with Crippen molar-refractivity contribution in [2.75, 3.05) is 33.8 Å². The number of thiazole rings is 1. The van der Waals surface area contributed by atoms with E-state index >= 15 is 0 Å². The fourth-order valence-electron chi connectivity index (χ4n) is 3.23. The van der Waals surface area contributed by atoms with Gasteiger partial charge in [-0.2, -0.15) is 0 Å². The van der Waals surface area contributed by atoms with Crippen LogP contribution in [-0.4, -0.2) is 55.6 Å². The highest BCUT2D eigenvalue weighted by Gasteiger charge is 2.29. The number of nitrogens with zero attached hydrogens (tertiary/aromatic N) is 2. The Bertz CT molecular complexity index is 720. The Labute approximate surface area is 151 Å². The molecule has 7 heteroatoms. The number of esters is 1. The Hall–Kier alpha value is -1.99. The Morgan fingerprint density at radius 3 is 2.72 bits per heavy atom. The van der Waals surface area contributed by atoms with Crippen LogP contribution in [0, 0.1) is 5.92 Å². The highest BCUT2D eigenvalue weighted by atomic mass is 32.1. The number of amides is 1. The fourth-order valence-corrected chi connectivity index (χ4v) is 4.25. The molecule has 2 heterocycles. The smallest absolute Gasteiger partial charge is 0.309 e. The van der Waals surface area contributed by atoms with E-state index in [-0.39, 0.29) is 17.8 Å². The number of hydrogen-bond acceptors (Lipinski definition) is 5. The number of rotatable bonds is 5. The molecule has 0 unspecified atom stereocenters. The molecule has 1 amide bonds. The van der Waals surface area contributed by atoms with Crippen LogP contribution >= 0.6 is 11.3 Å². The molecule has 6 nitrogen and oxygen atoms in total. The highest BCUT2D eigenvalue weighted by molar-refractivity contribution is 7.18. The molecule has 1 aliphatic heterocycles. The first kappa shape index (κ1) is 17.8. The van der Waals surface area contributed by atoms with Gasteiger partial charge < -0.3 is 14.5 Å². The molecule has 1 aromatic heterocycles. The van der Waals surface area contributed by atoms with E-state index in [2.05, 4.69) is 4.98 Å². The lowest BCUT2D eigenvalue weighted by molar-refractivity contribution is -0.898. The molecular formula is C18H24N3O3S+. The van der Waals surface area contributed by atoms with Crippen LogP contribution in [0.5, 0.6) is 0 Å². The second-order valence-electron chi connectivity index (χ2n) is 6.55. The van der Waals surface area contributed by atoms with Crippen molar-refractivity contribution < 1.29 is 19.2 Å². The number of hydrogen-bond donors (Lipinski definition) is 1. The average Bonchev–Trinajstić information content (AvgIpc) is 3.03. The van der Waals surface area contributed by atoms with Gasteiger partial charge in [0.25, 0.3) is 5.91 Å². The van der Waals surface area contributed by atoms with Crippen molar-refractivity contribution in [1.82, 2.24) is 9.88 Å². The van der Waals surface area contributed by atoms with Crippen LogP contribution in [-0.2, 0) is 20.9 Å². The molecule has 0 radical (unpaired) electrons. The van der Waals surface area contributed by atoms with Crippen molar-refractivity contribution in [2.45, 2.75) is 19.4 Å². The van der Waals surface area contributed by atoms with Gasteiger partial charge in [0.1, 0.15) is 5.01 Å². The van der Waals surface area contributed by atoms with Gasteiger partial charge in [-0.25, -0.2) is 4.98 Å². The van der Waals surface area contributed by atoms with E-state index in [1.807, 2.05) is 31.3 Å². The third kappa shape index (κ3) is 4.35. The number of nitrogens with one attached hydrogen (secondary N) is 1. The number of carbonyl (C=O) groups is 2. The van der Waals surface area contributed by atoms with Gasteiger partial charge in [-0.15, -0.1) is 11.3 Å². The summed E-state index contributed by atoms with van der Waals surface area (Å²) in [5.74, 6) is -0.0200. The summed E-state index contributed by atoms with van der Waals surface area (Å²) in [7, 11) is 3.26. The zero-order valence-electron chi connectivity index (χ0n) is 14.7. The minimum atomic E-state index is -0.127. The van der Waals surface area contributed by atoms with Crippen molar-refractivity contribution >= 4 is 33.4 Å². The second-order valence-corrected chi connectivity index (χ2v) is 7.66. The molecule has 1 fully saturated rings. The van der Waals surface area contributed by atoms with Crippen LogP contribution in [0.3, 0.4) is 0 Å². The number of likely N-dealkylation sites (tertiary alicyclic amines) is 1. The van der Waals surface area contributed by atoms with Crippen molar-refractivity contribution in [3.8, 4) is 0 Å². The third-order valence-corrected chi connectivity index (χ3v) is 5.79. The molecule has 1 aliphatic rings. The summed E-state index contributed by atoms with van der Waals surface area (Å²) in [5, 5.41) is 0.955. The predicted octanol–water partition coefficient (Wildman–Crippen LogP) is 0.723. The molecule has 0 bridgehead atoms. The Balaban J connectivity index is 1.50. The van der Waals surface area contributed by atoms with E-state index < -0.39 is 0 Å². The highest BCUT2D eigenvalue weighted by Crippen LogP contribution is 2.22. The number of ether oxygens (including phenoxy) is 1. The molecule has 25 heavy (non-hydrogen) atoms. The van der Waals surface area contributed by atoms with Crippen molar-refractivity contribution in [3.05, 3.63) is 29.3 Å². The molecule has 1 saturated heterocycles. The molecule has 2 aromatic rings. The van der Waals surface area contributed by atoms with Crippen LogP contribution in [0.1, 0.15) is 17.8 Å². The first-order valence-corrected chi connectivity index (χ1v) is 9.38. The zero-order valence-corrected chi connectivity index (χ0v) is 15.5. The van der Waals surface area contributed by atoms with E-state index in [0.29, 0.717) is 13.1 Å². The molecule has 0 atom stereocenters. The Morgan fingerprint density at radius 2 is 2.04 bits per heavy atom. The van der Waals surface area contributed by atoms with Gasteiger partial charge >= 0.3 is 5.97 Å². The topological polar surface area (TPSA) is 63.9 Å². The van der Waals surface area contributed by atoms with E-state index in [0.717, 1.165) is 41.2 Å². The van der Waals surface area contributed by atoms with Gasteiger partial charge in [0.15, 0.2) is 6.54 Å². The molecular weight excluding hydrogens is 338 g/mol. The van der Waals surface area contributed by atoms with Crippen LogP contribution in [0.15, 0.2) is 24.3 Å². The fraction of sp³-hybridized carbons (Fsp3) is 0.500. The lowest BCUT2D eigenvalue weighted by Crippen LogP contribution is -3.14. The first-order valence-electron chi connectivity index (χ1n) is 8.56. The van der Waals surface area contributed by atoms with Gasteiger partial charge in [0.2, 0.25) is 0 Å². The molecule has 3 rings (SSSR count). The summed E-state index contributed by atoms with van der Waals surface area (Å²) in [6.45, 7) is 2.67. The Kier molecular flexibility index (Phi) is 5.65. The van der Waals surface area contributed by atoms with Crippen molar-refractivity contribution in [3.63, 3.8) is 0 Å². The van der Waals surface area contributed by atoms with E-state index in [9.17, 15) is 9.59 Å². The van der Waals surface area contributed by atoms with Gasteiger partial charge in [-0.3, -0.25) is 9.59 Å². The molecule has 134 valence electrons. The van der Waals surface area contributed by atoms with Crippen LogP contribution in [0.25, 0.3) is 10.2 Å². The maximum Gasteiger partial charge on any atom is 0.309 e. The monoisotopic (exact) mass is 362 g/mol. The molecule has 0 spiro atoms. The molecule has 1 N–H and O–H groups in total. The SMILES string of the molecule is COC(=O)C1CC[NH+](CC(=O)N(C)Cc2nc3ccccc3s2)CC1. The Morgan fingerprint density at radius 1 is 1.32 bits per heavy atom. The molecule has 0 aliphatic carbocycles. The minimum Gasteiger partial charge on any atom is -0.469 e. The van der Waals surface area contributed by atoms with E-state index in [1.165, 1.54) is 12.0 Å². The van der Waals surface area contributed by atoms with Gasteiger partial charge in [0, 0.05) is 19.9 Å². The van der Waals surface area contributed by atoms with Gasteiger partial charge in [-0.05, 0) is 12.1 Å². The maximum atomic E-state index is 12.5. The summed E-state index contributed by atoms with van der Waals surface area (Å²) in [4.78, 5) is 31.6. The van der Waals surface area contributed by atoms with Gasteiger partial charge in [0.05, 0.1) is 42.9 Å². The molecule has 1 aromatic carbocycles. The maximum absolute atomic E-state index is 12.5. The number of piperidine rings is 1. The predicted molar refractivity (Wildman–Crippen MR) is 96.4 cm³/mol. The van der Waals surface area contributed by atoms with Crippen LogP contribution < -0.4 is 4.90 Å². The lowest BCUT2D eigenvalue weighted by Gasteiger charge is -2.28. The van der Waals surface area contributed by atoms with Gasteiger partial charge in [-0.1, -0.05) is 12.1 Å². The van der Waals surface area contributed by atoms with Crippen molar-refractivity contribution in [2.24, 2.45) is 5.92 Å². The average molecular weight is 362 g/mol. The number of methoxy groups -OCH3 is 1. The summed E-state index contributed by atoms with van der Waals surface area (Å²) >= 11 is 1.63. The summed E-state index contributed by atoms with van der Waals surface area (Å²) in [6, 6.07) is 8.02. The summed E-state index contributed by atoms with van der Waals surface area (Å²) in [5.41, 5.74) is 0.985. The number of aromatic nitrogens is 1. The van der Waals surface area contributed by atoms with Crippen LogP contribution in [0.4, 0.5) is 0 Å². The minimum absolute atomic E-state index is 0.00988. The quantitative estimate of drug-likeness (QED) is 0.797. The normalized spacial score (nSPS) is 20.4. The summed E-state index contributed by atoms with van der Waals surface area (Å²) in [6.07, 6.45) is 1.58. The number of quaternary nitrogens is 1. The number of carbonyl (C=O) groups excluding carboxylic acids is 2. The van der Waals surface area contributed by atoms with E-state index in [1.54, 1.807) is 16.2 Å². The summed E-state index contributed by atoms with van der Waals surface area (Å²) < 4.78 is 5.95. The second kappa shape index (κ2) is 7.93. The number of likely N-dealkylation sites (N-methyl/N-ethyl adjacent to an activating group) is 1. The number of benzene rings is 1. The third-order valence-electron chi connectivity index (χ3n) is 4.76. The first-order chi connectivity index (χ1) is 12.1. The van der Waals surface area contributed by atoms with E-state index in [4.69, 9.17) is 4.74 Å². The largest absolute Gasteiger partial charge is 0.469 e. The van der Waals surface area contributed by atoms with Crippen molar-refractivity contribution in [1.29, 1.82) is 0 Å². The molecule has 0 saturated carbocycles. The standard InChI is InChI=1S/C18H23N3O3S/c1-20(11-16-19-14-5-3-4-6-15(14)25-16)17(22)12-21-9-7-13(8-10-21)18(23)24-2/h3-6,13H,7-12H2,1-2H3/p+1. The number of para-hydroxylation sites is 1. The van der Waals surface area contributed by atoms with Crippen LogP contribution in [0.2, 0.25) is 0 Å².